The smallest absolute Gasteiger partial charge is 0.317 e. The zero-order valence-electron chi connectivity index (χ0n) is 13.4. The molecule has 0 radical (unpaired) electrons. The van der Waals surface area contributed by atoms with Crippen molar-refractivity contribution in [3.8, 4) is 0 Å². The number of carboxylic acids is 1. The first kappa shape index (κ1) is 17.0. The maximum Gasteiger partial charge on any atom is 0.317 e. The van der Waals surface area contributed by atoms with Gasteiger partial charge in [-0.05, 0) is 38.1 Å². The van der Waals surface area contributed by atoms with E-state index in [1.54, 1.807) is 7.11 Å². The minimum absolute atomic E-state index is 0.0665. The standard InChI is InChI=1S/C15H27N3O4/c1-3-18(9-14(19)20)12-6-11(7-12)17-15(21)16-8-13(22-2)10-4-5-10/h10-13H,3-9H2,1-2H3,(H,19,20)(H2,16,17,21). The molecule has 0 spiro atoms. The molecule has 0 saturated heterocycles. The molecule has 2 amide bonds. The first-order valence-corrected chi connectivity index (χ1v) is 8.06. The van der Waals surface area contributed by atoms with Crippen molar-refractivity contribution in [3.63, 3.8) is 0 Å². The number of amides is 2. The van der Waals surface area contributed by atoms with E-state index in [1.807, 2.05) is 11.8 Å². The number of nitrogens with one attached hydrogen (secondary N) is 2. The third-order valence-corrected chi connectivity index (χ3v) is 4.62. The molecule has 1 atom stereocenters. The maximum absolute atomic E-state index is 11.8. The number of hydrogen-bond acceptors (Lipinski definition) is 4. The average Bonchev–Trinajstić information content (AvgIpc) is 3.25. The lowest BCUT2D eigenvalue weighted by Gasteiger charge is -2.42. The average molecular weight is 313 g/mol. The molecule has 0 bridgehead atoms. The van der Waals surface area contributed by atoms with Crippen LogP contribution in [0.25, 0.3) is 0 Å². The van der Waals surface area contributed by atoms with Gasteiger partial charge in [0.15, 0.2) is 0 Å². The zero-order chi connectivity index (χ0) is 16.1. The molecule has 0 heterocycles. The second-order valence-electron chi connectivity index (χ2n) is 6.24. The van der Waals surface area contributed by atoms with Crippen molar-refractivity contribution in [2.75, 3.05) is 26.7 Å². The van der Waals surface area contributed by atoms with Crippen LogP contribution in [0.4, 0.5) is 4.79 Å². The van der Waals surface area contributed by atoms with E-state index in [2.05, 4.69) is 10.6 Å². The van der Waals surface area contributed by atoms with Crippen LogP contribution in [0.2, 0.25) is 0 Å². The molecule has 0 aromatic carbocycles. The molecular formula is C15H27N3O4. The summed E-state index contributed by atoms with van der Waals surface area (Å²) >= 11 is 0. The van der Waals surface area contributed by atoms with E-state index in [9.17, 15) is 9.59 Å². The summed E-state index contributed by atoms with van der Waals surface area (Å²) in [6, 6.07) is 0.229. The number of methoxy groups -OCH3 is 1. The Kier molecular flexibility index (Phi) is 6.02. The fraction of sp³-hybridized carbons (Fsp3) is 0.867. The second-order valence-corrected chi connectivity index (χ2v) is 6.24. The van der Waals surface area contributed by atoms with Gasteiger partial charge in [-0.3, -0.25) is 9.69 Å². The van der Waals surface area contributed by atoms with E-state index in [4.69, 9.17) is 9.84 Å². The summed E-state index contributed by atoms with van der Waals surface area (Å²) in [5.74, 6) is -0.214. The van der Waals surface area contributed by atoms with E-state index in [0.29, 0.717) is 19.0 Å². The Morgan fingerprint density at radius 2 is 2.05 bits per heavy atom. The van der Waals surface area contributed by atoms with Gasteiger partial charge in [0.2, 0.25) is 0 Å². The number of ether oxygens (including phenoxy) is 1. The van der Waals surface area contributed by atoms with Gasteiger partial charge in [0.05, 0.1) is 12.6 Å². The number of carbonyl (C=O) groups is 2. The number of carboxylic acid groups (broad SMARTS) is 1. The summed E-state index contributed by atoms with van der Waals surface area (Å²) in [5.41, 5.74) is 0. The molecule has 0 aliphatic heterocycles. The summed E-state index contributed by atoms with van der Waals surface area (Å²) < 4.78 is 5.37. The molecular weight excluding hydrogens is 286 g/mol. The zero-order valence-corrected chi connectivity index (χ0v) is 13.4. The Balaban J connectivity index is 1.62. The van der Waals surface area contributed by atoms with E-state index >= 15 is 0 Å². The van der Waals surface area contributed by atoms with Gasteiger partial charge in [0.25, 0.3) is 0 Å². The van der Waals surface area contributed by atoms with Crippen molar-refractivity contribution in [3.05, 3.63) is 0 Å². The Bertz CT molecular complexity index is 394. The van der Waals surface area contributed by atoms with Crippen LogP contribution in [0.15, 0.2) is 0 Å². The van der Waals surface area contributed by atoms with Crippen molar-refractivity contribution >= 4 is 12.0 Å². The molecule has 7 heteroatoms. The van der Waals surface area contributed by atoms with Crippen LogP contribution >= 0.6 is 0 Å². The highest BCUT2D eigenvalue weighted by Crippen LogP contribution is 2.33. The molecule has 2 aliphatic carbocycles. The topological polar surface area (TPSA) is 90.9 Å². The minimum atomic E-state index is -0.804. The fourth-order valence-electron chi connectivity index (χ4n) is 3.02. The molecule has 2 fully saturated rings. The molecule has 2 rings (SSSR count). The minimum Gasteiger partial charge on any atom is -0.480 e. The number of urea groups is 1. The van der Waals surface area contributed by atoms with Crippen molar-refractivity contribution in [2.24, 2.45) is 5.92 Å². The van der Waals surface area contributed by atoms with Gasteiger partial charge in [0.1, 0.15) is 0 Å². The van der Waals surface area contributed by atoms with Crippen LogP contribution in [0.5, 0.6) is 0 Å². The lowest BCUT2D eigenvalue weighted by atomic mass is 9.85. The van der Waals surface area contributed by atoms with E-state index in [1.165, 1.54) is 12.8 Å². The quantitative estimate of drug-likeness (QED) is 0.581. The first-order valence-electron chi connectivity index (χ1n) is 8.06. The van der Waals surface area contributed by atoms with Crippen LogP contribution in [-0.2, 0) is 9.53 Å². The summed E-state index contributed by atoms with van der Waals surface area (Å²) in [6.45, 7) is 3.28. The number of likely N-dealkylation sites (N-methyl/N-ethyl adjacent to an activating group) is 1. The molecule has 0 aromatic heterocycles. The van der Waals surface area contributed by atoms with Gasteiger partial charge in [-0.25, -0.2) is 4.79 Å². The molecule has 3 N–H and O–H groups in total. The van der Waals surface area contributed by atoms with Crippen molar-refractivity contribution < 1.29 is 19.4 Å². The molecule has 22 heavy (non-hydrogen) atoms. The van der Waals surface area contributed by atoms with Crippen molar-refractivity contribution in [1.82, 2.24) is 15.5 Å². The fourth-order valence-corrected chi connectivity index (χ4v) is 3.02. The molecule has 7 nitrogen and oxygen atoms in total. The lowest BCUT2D eigenvalue weighted by molar-refractivity contribution is -0.139. The van der Waals surface area contributed by atoms with Crippen LogP contribution in [0, 0.1) is 5.92 Å². The van der Waals surface area contributed by atoms with Crippen LogP contribution in [0.3, 0.4) is 0 Å². The Morgan fingerprint density at radius 3 is 2.55 bits per heavy atom. The third-order valence-electron chi connectivity index (χ3n) is 4.62. The Hall–Kier alpha value is -1.34. The number of aliphatic carboxylic acids is 1. The lowest BCUT2D eigenvalue weighted by Crippen LogP contribution is -2.56. The number of nitrogens with zero attached hydrogens (tertiary/aromatic N) is 1. The predicted octanol–water partition coefficient (Wildman–Crippen LogP) is 0.648. The van der Waals surface area contributed by atoms with Gasteiger partial charge >= 0.3 is 12.0 Å². The predicted molar refractivity (Wildman–Crippen MR) is 81.7 cm³/mol. The van der Waals surface area contributed by atoms with Gasteiger partial charge in [-0.15, -0.1) is 0 Å². The third kappa shape index (κ3) is 4.84. The summed E-state index contributed by atoms with van der Waals surface area (Å²) in [5, 5.41) is 14.7. The molecule has 1 unspecified atom stereocenters. The largest absolute Gasteiger partial charge is 0.480 e. The number of rotatable bonds is 9. The summed E-state index contributed by atoms with van der Waals surface area (Å²) in [6.07, 6.45) is 4.10. The van der Waals surface area contributed by atoms with Crippen molar-refractivity contribution in [2.45, 2.75) is 50.8 Å². The highest BCUT2D eigenvalue weighted by molar-refractivity contribution is 5.74. The van der Waals surface area contributed by atoms with Crippen LogP contribution in [-0.4, -0.2) is 66.9 Å². The number of hydrogen-bond donors (Lipinski definition) is 3. The Morgan fingerprint density at radius 1 is 1.36 bits per heavy atom. The van der Waals surface area contributed by atoms with E-state index in [-0.39, 0.29) is 30.8 Å². The van der Waals surface area contributed by atoms with Crippen LogP contribution < -0.4 is 10.6 Å². The van der Waals surface area contributed by atoms with Gasteiger partial charge in [0, 0.05) is 25.7 Å². The van der Waals surface area contributed by atoms with Gasteiger partial charge < -0.3 is 20.5 Å². The Labute approximate surface area is 131 Å². The van der Waals surface area contributed by atoms with E-state index in [0.717, 1.165) is 12.8 Å². The normalized spacial score (nSPS) is 25.4. The highest BCUT2D eigenvalue weighted by atomic mass is 16.5. The van der Waals surface area contributed by atoms with E-state index < -0.39 is 5.97 Å². The summed E-state index contributed by atoms with van der Waals surface area (Å²) in [4.78, 5) is 24.6. The van der Waals surface area contributed by atoms with Crippen LogP contribution in [0.1, 0.15) is 32.6 Å². The maximum atomic E-state index is 11.8. The molecule has 2 aliphatic rings. The monoisotopic (exact) mass is 313 g/mol. The van der Waals surface area contributed by atoms with Crippen molar-refractivity contribution in [1.29, 1.82) is 0 Å². The van der Waals surface area contributed by atoms with Gasteiger partial charge in [-0.1, -0.05) is 6.92 Å². The number of carbonyl (C=O) groups excluding carboxylic acids is 1. The van der Waals surface area contributed by atoms with Gasteiger partial charge in [-0.2, -0.15) is 0 Å². The SMILES string of the molecule is CCN(CC(=O)O)C1CC(NC(=O)NCC(OC)C2CC2)C1. The molecule has 2 saturated carbocycles. The molecule has 0 aromatic rings. The first-order chi connectivity index (χ1) is 10.5. The highest BCUT2D eigenvalue weighted by Gasteiger charge is 2.35. The molecule has 126 valence electrons. The summed E-state index contributed by atoms with van der Waals surface area (Å²) in [7, 11) is 1.68. The second kappa shape index (κ2) is 7.78.